The molecular weight excluding hydrogens is 384 g/mol. The third-order valence-electron chi connectivity index (χ3n) is 4.32. The van der Waals surface area contributed by atoms with Gasteiger partial charge in [0.05, 0.1) is 11.3 Å². The summed E-state index contributed by atoms with van der Waals surface area (Å²) in [7, 11) is 0. The summed E-state index contributed by atoms with van der Waals surface area (Å²) in [6, 6.07) is 22.1. The van der Waals surface area contributed by atoms with Crippen LogP contribution in [0.15, 0.2) is 78.9 Å². The zero-order chi connectivity index (χ0) is 20.6. The first-order valence-electron chi connectivity index (χ1n) is 9.19. The Morgan fingerprint density at radius 2 is 1.62 bits per heavy atom. The average molecular weight is 405 g/mol. The Balaban J connectivity index is 1.66. The summed E-state index contributed by atoms with van der Waals surface area (Å²) in [5.41, 5.74) is 3.77. The number of nitrogens with one attached hydrogen (secondary N) is 2. The van der Waals surface area contributed by atoms with Crippen LogP contribution in [0.3, 0.4) is 0 Å². The van der Waals surface area contributed by atoms with Gasteiger partial charge < -0.3 is 10.6 Å². The molecule has 146 valence electrons. The quantitative estimate of drug-likeness (QED) is 0.552. The highest BCUT2D eigenvalue weighted by Crippen LogP contribution is 2.18. The maximum Gasteiger partial charge on any atom is 0.253 e. The highest BCUT2D eigenvalue weighted by molar-refractivity contribution is 6.32. The van der Waals surface area contributed by atoms with Crippen LogP contribution in [0.2, 0.25) is 5.02 Å². The number of amides is 2. The van der Waals surface area contributed by atoms with E-state index in [1.807, 2.05) is 49.4 Å². The van der Waals surface area contributed by atoms with Gasteiger partial charge in [-0.15, -0.1) is 0 Å². The first-order valence-corrected chi connectivity index (χ1v) is 9.57. The number of rotatable bonds is 6. The molecule has 0 aromatic heterocycles. The van der Waals surface area contributed by atoms with E-state index in [0.29, 0.717) is 22.8 Å². The first-order chi connectivity index (χ1) is 14.0. The van der Waals surface area contributed by atoms with Crippen molar-refractivity contribution in [1.29, 1.82) is 0 Å². The number of anilines is 1. The lowest BCUT2D eigenvalue weighted by Crippen LogP contribution is -2.24. The second-order valence-corrected chi connectivity index (χ2v) is 6.97. The van der Waals surface area contributed by atoms with Crippen LogP contribution in [-0.4, -0.2) is 11.8 Å². The van der Waals surface area contributed by atoms with E-state index in [4.69, 9.17) is 11.6 Å². The van der Waals surface area contributed by atoms with E-state index in [0.717, 1.165) is 16.7 Å². The van der Waals surface area contributed by atoms with E-state index in [1.54, 1.807) is 36.4 Å². The van der Waals surface area contributed by atoms with Crippen molar-refractivity contribution in [1.82, 2.24) is 5.32 Å². The molecule has 0 aliphatic heterocycles. The molecule has 0 saturated carbocycles. The lowest BCUT2D eigenvalue weighted by atomic mass is 10.1. The van der Waals surface area contributed by atoms with Crippen LogP contribution in [0.25, 0.3) is 6.08 Å². The Bertz CT molecular complexity index is 1040. The van der Waals surface area contributed by atoms with Gasteiger partial charge in [-0.25, -0.2) is 0 Å². The van der Waals surface area contributed by atoms with Crippen LogP contribution >= 0.6 is 11.6 Å². The first kappa shape index (κ1) is 20.4. The molecule has 0 bridgehead atoms. The minimum absolute atomic E-state index is 0.253. The molecule has 2 amide bonds. The van der Waals surface area contributed by atoms with Gasteiger partial charge in [0.1, 0.15) is 0 Å². The van der Waals surface area contributed by atoms with Gasteiger partial charge in [-0.3, -0.25) is 9.59 Å². The minimum atomic E-state index is -0.344. The second-order valence-electron chi connectivity index (χ2n) is 6.56. The van der Waals surface area contributed by atoms with E-state index in [-0.39, 0.29) is 11.8 Å². The summed E-state index contributed by atoms with van der Waals surface area (Å²) in [5.74, 6) is -0.597. The van der Waals surface area contributed by atoms with Crippen LogP contribution in [0.4, 0.5) is 5.69 Å². The molecule has 0 aliphatic rings. The Hall–Kier alpha value is -3.37. The third-order valence-corrected chi connectivity index (χ3v) is 4.67. The molecule has 0 fully saturated rings. The fraction of sp³-hybridized carbons (Fsp3) is 0.0833. The maximum atomic E-state index is 12.6. The maximum absolute atomic E-state index is 12.6. The predicted molar refractivity (Wildman–Crippen MR) is 118 cm³/mol. The van der Waals surface area contributed by atoms with Crippen LogP contribution in [0.1, 0.15) is 27.0 Å². The zero-order valence-electron chi connectivity index (χ0n) is 16.0. The Labute approximate surface area is 175 Å². The summed E-state index contributed by atoms with van der Waals surface area (Å²) in [6.45, 7) is 2.43. The van der Waals surface area contributed by atoms with E-state index in [9.17, 15) is 9.59 Å². The highest BCUT2D eigenvalue weighted by Gasteiger charge is 2.12. The van der Waals surface area contributed by atoms with Gasteiger partial charge in [-0.1, -0.05) is 71.8 Å². The van der Waals surface area contributed by atoms with Crippen molar-refractivity contribution in [3.8, 4) is 0 Å². The monoisotopic (exact) mass is 404 g/mol. The number of hydrogen-bond donors (Lipinski definition) is 2. The van der Waals surface area contributed by atoms with Gasteiger partial charge in [-0.05, 0) is 42.3 Å². The standard InChI is InChI=1S/C24H21ClN2O2/c1-17-10-12-18(13-11-17)16-26-24(29)20-7-3-5-9-22(20)27-23(28)15-14-19-6-2-4-8-21(19)25/h2-15H,16H2,1H3,(H,26,29)(H,27,28)/b15-14+. The van der Waals surface area contributed by atoms with Crippen LogP contribution in [0.5, 0.6) is 0 Å². The molecule has 0 radical (unpaired) electrons. The Morgan fingerprint density at radius 3 is 2.38 bits per heavy atom. The fourth-order valence-electron chi connectivity index (χ4n) is 2.72. The molecule has 0 unspecified atom stereocenters. The van der Waals surface area contributed by atoms with Crippen LogP contribution in [-0.2, 0) is 11.3 Å². The van der Waals surface area contributed by atoms with Crippen molar-refractivity contribution in [2.75, 3.05) is 5.32 Å². The number of halogens is 1. The second kappa shape index (κ2) is 9.71. The Kier molecular flexibility index (Phi) is 6.82. The molecule has 5 heteroatoms. The summed E-state index contributed by atoms with van der Waals surface area (Å²) in [6.07, 6.45) is 3.03. The van der Waals surface area contributed by atoms with E-state index < -0.39 is 0 Å². The van der Waals surface area contributed by atoms with E-state index >= 15 is 0 Å². The summed E-state index contributed by atoms with van der Waals surface area (Å²) < 4.78 is 0. The highest BCUT2D eigenvalue weighted by atomic mass is 35.5. The number of para-hydroxylation sites is 1. The van der Waals surface area contributed by atoms with Crippen LogP contribution in [0, 0.1) is 6.92 Å². The third kappa shape index (κ3) is 5.80. The van der Waals surface area contributed by atoms with Gasteiger partial charge in [-0.2, -0.15) is 0 Å². The summed E-state index contributed by atoms with van der Waals surface area (Å²) >= 11 is 6.09. The normalized spacial score (nSPS) is 10.7. The van der Waals surface area contributed by atoms with Crippen molar-refractivity contribution in [2.24, 2.45) is 0 Å². The van der Waals surface area contributed by atoms with Gasteiger partial charge in [0.25, 0.3) is 5.91 Å². The van der Waals surface area contributed by atoms with Gasteiger partial charge in [0.15, 0.2) is 0 Å². The zero-order valence-corrected chi connectivity index (χ0v) is 16.7. The molecule has 3 aromatic rings. The molecule has 0 heterocycles. The number of carbonyl (C=O) groups excluding carboxylic acids is 2. The number of hydrogen-bond acceptors (Lipinski definition) is 2. The Morgan fingerprint density at radius 1 is 0.931 bits per heavy atom. The molecule has 0 aliphatic carbocycles. The molecule has 2 N–H and O–H groups in total. The van der Waals surface area contributed by atoms with Crippen molar-refractivity contribution < 1.29 is 9.59 Å². The SMILES string of the molecule is Cc1ccc(CNC(=O)c2ccccc2NC(=O)/C=C/c2ccccc2Cl)cc1. The van der Waals surface area contributed by atoms with E-state index in [1.165, 1.54) is 6.08 Å². The summed E-state index contributed by atoms with van der Waals surface area (Å²) in [5, 5.41) is 6.21. The fourth-order valence-corrected chi connectivity index (χ4v) is 2.92. The molecule has 0 atom stereocenters. The van der Waals surface area contributed by atoms with E-state index in [2.05, 4.69) is 10.6 Å². The van der Waals surface area contributed by atoms with Crippen molar-refractivity contribution in [3.63, 3.8) is 0 Å². The number of aryl methyl sites for hydroxylation is 1. The largest absolute Gasteiger partial charge is 0.348 e. The molecule has 0 saturated heterocycles. The lowest BCUT2D eigenvalue weighted by Gasteiger charge is -2.11. The lowest BCUT2D eigenvalue weighted by molar-refractivity contribution is -0.111. The van der Waals surface area contributed by atoms with Crippen molar-refractivity contribution >= 4 is 35.2 Å². The van der Waals surface area contributed by atoms with Gasteiger partial charge >= 0.3 is 0 Å². The molecular formula is C24H21ClN2O2. The minimum Gasteiger partial charge on any atom is -0.348 e. The van der Waals surface area contributed by atoms with Gasteiger partial charge in [0, 0.05) is 17.6 Å². The molecule has 0 spiro atoms. The molecule has 4 nitrogen and oxygen atoms in total. The number of benzene rings is 3. The molecule has 3 rings (SSSR count). The van der Waals surface area contributed by atoms with Crippen molar-refractivity contribution in [2.45, 2.75) is 13.5 Å². The van der Waals surface area contributed by atoms with Gasteiger partial charge in [0.2, 0.25) is 5.91 Å². The summed E-state index contributed by atoms with van der Waals surface area (Å²) in [4.78, 5) is 24.9. The molecule has 29 heavy (non-hydrogen) atoms. The smallest absolute Gasteiger partial charge is 0.253 e. The molecule has 3 aromatic carbocycles. The average Bonchev–Trinajstić information content (AvgIpc) is 2.73. The topological polar surface area (TPSA) is 58.2 Å². The number of carbonyl (C=O) groups is 2. The predicted octanol–water partition coefficient (Wildman–Crippen LogP) is 5.23. The van der Waals surface area contributed by atoms with Crippen LogP contribution < -0.4 is 10.6 Å². The van der Waals surface area contributed by atoms with Crippen molar-refractivity contribution in [3.05, 3.63) is 106 Å².